The van der Waals surface area contributed by atoms with E-state index in [2.05, 4.69) is 49.4 Å². The number of ether oxygens (including phenoxy) is 1. The molecule has 0 aliphatic heterocycles. The summed E-state index contributed by atoms with van der Waals surface area (Å²) in [5.41, 5.74) is 2.47. The van der Waals surface area contributed by atoms with E-state index in [0.29, 0.717) is 6.61 Å². The van der Waals surface area contributed by atoms with Crippen LogP contribution >= 0.6 is 0 Å². The molecule has 0 saturated carbocycles. The van der Waals surface area contributed by atoms with E-state index in [1.54, 1.807) is 0 Å². The predicted octanol–water partition coefficient (Wildman–Crippen LogP) is 4.73. The van der Waals surface area contributed by atoms with Gasteiger partial charge in [0.2, 0.25) is 0 Å². The molecule has 3 rings (SSSR count). The molecule has 0 spiro atoms. The fourth-order valence-corrected chi connectivity index (χ4v) is 2.24. The first kappa shape index (κ1) is 11.8. The normalized spacial score (nSPS) is 10.6. The van der Waals surface area contributed by atoms with Crippen LogP contribution in [0.25, 0.3) is 10.8 Å². The van der Waals surface area contributed by atoms with Crippen molar-refractivity contribution in [3.8, 4) is 5.75 Å². The first-order valence-electron chi connectivity index (χ1n) is 6.49. The molecule has 0 aliphatic rings. The summed E-state index contributed by atoms with van der Waals surface area (Å²) in [4.78, 5) is 0. The van der Waals surface area contributed by atoms with Gasteiger partial charge in [0.05, 0.1) is 0 Å². The maximum absolute atomic E-state index is 5.86. The third-order valence-corrected chi connectivity index (χ3v) is 3.32. The second kappa shape index (κ2) is 5.15. The Bertz CT molecular complexity index is 686. The SMILES string of the molecule is Cc1cccc2ccc(OCc3ccccc3)cc12. The molecule has 1 nitrogen and oxygen atoms in total. The van der Waals surface area contributed by atoms with Crippen molar-refractivity contribution in [2.45, 2.75) is 13.5 Å². The molecule has 3 aromatic rings. The number of fused-ring (bicyclic) bond motifs is 1. The summed E-state index contributed by atoms with van der Waals surface area (Å²) >= 11 is 0. The van der Waals surface area contributed by atoms with Gasteiger partial charge in [0, 0.05) is 0 Å². The van der Waals surface area contributed by atoms with Crippen LogP contribution in [0.4, 0.5) is 0 Å². The van der Waals surface area contributed by atoms with Gasteiger partial charge >= 0.3 is 0 Å². The lowest BCUT2D eigenvalue weighted by Crippen LogP contribution is -1.94. The maximum atomic E-state index is 5.86. The summed E-state index contributed by atoms with van der Waals surface area (Å²) in [6.45, 7) is 2.74. The van der Waals surface area contributed by atoms with E-state index >= 15 is 0 Å². The van der Waals surface area contributed by atoms with Crippen LogP contribution in [-0.2, 0) is 6.61 Å². The Hall–Kier alpha value is -2.28. The van der Waals surface area contributed by atoms with Crippen molar-refractivity contribution >= 4 is 10.8 Å². The Kier molecular flexibility index (Phi) is 3.20. The van der Waals surface area contributed by atoms with Gasteiger partial charge in [-0.05, 0) is 41.0 Å². The highest BCUT2D eigenvalue weighted by Gasteiger charge is 2.00. The van der Waals surface area contributed by atoms with Gasteiger partial charge in [-0.3, -0.25) is 0 Å². The molecule has 0 atom stereocenters. The average Bonchev–Trinajstić information content (AvgIpc) is 2.47. The minimum absolute atomic E-state index is 0.609. The third kappa shape index (κ3) is 2.60. The summed E-state index contributed by atoms with van der Waals surface area (Å²) in [5.74, 6) is 0.922. The van der Waals surface area contributed by atoms with Crippen molar-refractivity contribution in [1.82, 2.24) is 0 Å². The van der Waals surface area contributed by atoms with E-state index < -0.39 is 0 Å². The standard InChI is InChI=1S/C18H16O/c1-14-6-5-9-16-10-11-17(12-18(14)16)19-13-15-7-3-2-4-8-15/h2-12H,13H2,1H3. The second-order valence-corrected chi connectivity index (χ2v) is 4.73. The molecule has 0 aliphatic carbocycles. The molecule has 0 aromatic heterocycles. The van der Waals surface area contributed by atoms with Gasteiger partial charge in [0.25, 0.3) is 0 Å². The fourth-order valence-electron chi connectivity index (χ4n) is 2.24. The number of benzene rings is 3. The van der Waals surface area contributed by atoms with Crippen molar-refractivity contribution in [2.24, 2.45) is 0 Å². The molecular weight excluding hydrogens is 232 g/mol. The lowest BCUT2D eigenvalue weighted by molar-refractivity contribution is 0.306. The van der Waals surface area contributed by atoms with Crippen molar-refractivity contribution in [1.29, 1.82) is 0 Å². The molecule has 3 aromatic carbocycles. The number of aryl methyl sites for hydroxylation is 1. The lowest BCUT2D eigenvalue weighted by Gasteiger charge is -2.08. The van der Waals surface area contributed by atoms with E-state index in [4.69, 9.17) is 4.74 Å². The van der Waals surface area contributed by atoms with E-state index in [1.807, 2.05) is 24.3 Å². The number of hydrogen-bond donors (Lipinski definition) is 0. The largest absolute Gasteiger partial charge is 0.489 e. The fraction of sp³-hybridized carbons (Fsp3) is 0.111. The van der Waals surface area contributed by atoms with E-state index in [1.165, 1.54) is 21.9 Å². The summed E-state index contributed by atoms with van der Waals surface area (Å²) in [6, 6.07) is 22.8. The second-order valence-electron chi connectivity index (χ2n) is 4.73. The van der Waals surface area contributed by atoms with Gasteiger partial charge in [0.15, 0.2) is 0 Å². The quantitative estimate of drug-likeness (QED) is 0.651. The van der Waals surface area contributed by atoms with Gasteiger partial charge in [-0.15, -0.1) is 0 Å². The molecule has 0 saturated heterocycles. The zero-order chi connectivity index (χ0) is 13.1. The minimum atomic E-state index is 0.609. The van der Waals surface area contributed by atoms with Crippen molar-refractivity contribution in [2.75, 3.05) is 0 Å². The van der Waals surface area contributed by atoms with E-state index in [0.717, 1.165) is 5.75 Å². The Morgan fingerprint density at radius 3 is 2.53 bits per heavy atom. The van der Waals surface area contributed by atoms with Crippen molar-refractivity contribution in [3.05, 3.63) is 77.9 Å². The first-order chi connectivity index (χ1) is 9.33. The Morgan fingerprint density at radius 1 is 0.842 bits per heavy atom. The average molecular weight is 248 g/mol. The maximum Gasteiger partial charge on any atom is 0.120 e. The van der Waals surface area contributed by atoms with Gasteiger partial charge in [-0.25, -0.2) is 0 Å². The van der Waals surface area contributed by atoms with Crippen LogP contribution in [0.1, 0.15) is 11.1 Å². The predicted molar refractivity (Wildman–Crippen MR) is 79.5 cm³/mol. The molecule has 0 heterocycles. The van der Waals surface area contributed by atoms with Crippen molar-refractivity contribution in [3.63, 3.8) is 0 Å². The van der Waals surface area contributed by atoms with Crippen LogP contribution < -0.4 is 4.74 Å². The zero-order valence-corrected chi connectivity index (χ0v) is 11.0. The number of hydrogen-bond acceptors (Lipinski definition) is 1. The summed E-state index contributed by atoms with van der Waals surface area (Å²) < 4.78 is 5.86. The van der Waals surface area contributed by atoms with Crippen LogP contribution in [0.15, 0.2) is 66.7 Å². The minimum Gasteiger partial charge on any atom is -0.489 e. The molecule has 0 radical (unpaired) electrons. The monoisotopic (exact) mass is 248 g/mol. The van der Waals surface area contributed by atoms with Crippen LogP contribution in [-0.4, -0.2) is 0 Å². The van der Waals surface area contributed by atoms with Gasteiger partial charge in [-0.1, -0.05) is 54.6 Å². The lowest BCUT2D eigenvalue weighted by atomic mass is 10.1. The smallest absolute Gasteiger partial charge is 0.120 e. The molecule has 0 amide bonds. The molecule has 94 valence electrons. The molecule has 0 bridgehead atoms. The molecule has 0 fully saturated rings. The Labute approximate surface area is 113 Å². The highest BCUT2D eigenvalue weighted by atomic mass is 16.5. The molecule has 0 unspecified atom stereocenters. The number of rotatable bonds is 3. The zero-order valence-electron chi connectivity index (χ0n) is 11.0. The summed E-state index contributed by atoms with van der Waals surface area (Å²) in [7, 11) is 0. The van der Waals surface area contributed by atoms with Crippen LogP contribution in [0.3, 0.4) is 0 Å². The molecule has 0 N–H and O–H groups in total. The highest BCUT2D eigenvalue weighted by Crippen LogP contribution is 2.24. The first-order valence-corrected chi connectivity index (χ1v) is 6.49. The van der Waals surface area contributed by atoms with E-state index in [-0.39, 0.29) is 0 Å². The van der Waals surface area contributed by atoms with Gasteiger partial charge < -0.3 is 4.74 Å². The van der Waals surface area contributed by atoms with Crippen LogP contribution in [0, 0.1) is 6.92 Å². The van der Waals surface area contributed by atoms with Crippen molar-refractivity contribution < 1.29 is 4.74 Å². The van der Waals surface area contributed by atoms with Gasteiger partial charge in [-0.2, -0.15) is 0 Å². The highest BCUT2D eigenvalue weighted by molar-refractivity contribution is 5.86. The molecule has 19 heavy (non-hydrogen) atoms. The summed E-state index contributed by atoms with van der Waals surface area (Å²) in [6.07, 6.45) is 0. The Balaban J connectivity index is 1.84. The molecule has 1 heteroatoms. The summed E-state index contributed by atoms with van der Waals surface area (Å²) in [5, 5.41) is 2.51. The Morgan fingerprint density at radius 2 is 1.68 bits per heavy atom. The molecular formula is C18H16O. The van der Waals surface area contributed by atoms with Crippen LogP contribution in [0.2, 0.25) is 0 Å². The third-order valence-electron chi connectivity index (χ3n) is 3.32. The van der Waals surface area contributed by atoms with Gasteiger partial charge in [0.1, 0.15) is 12.4 Å². The topological polar surface area (TPSA) is 9.23 Å². The van der Waals surface area contributed by atoms with Crippen LogP contribution in [0.5, 0.6) is 5.75 Å². The van der Waals surface area contributed by atoms with E-state index in [9.17, 15) is 0 Å².